The molecule has 4 heteroatoms. The molecular weight excluding hydrogens is 238 g/mol. The second-order valence-electron chi connectivity index (χ2n) is 6.44. The van der Waals surface area contributed by atoms with Gasteiger partial charge >= 0.3 is 0 Å². The Morgan fingerprint density at radius 2 is 2.11 bits per heavy atom. The van der Waals surface area contributed by atoms with Crippen LogP contribution >= 0.6 is 0 Å². The van der Waals surface area contributed by atoms with E-state index < -0.39 is 0 Å². The molecule has 0 aromatic heterocycles. The van der Waals surface area contributed by atoms with E-state index in [1.807, 2.05) is 0 Å². The number of nitrogens with one attached hydrogen (secondary N) is 1. The monoisotopic (exact) mass is 267 g/mol. The van der Waals surface area contributed by atoms with Crippen molar-refractivity contribution in [2.75, 3.05) is 20.1 Å². The first-order valence-corrected chi connectivity index (χ1v) is 7.81. The zero-order valence-corrected chi connectivity index (χ0v) is 12.9. The van der Waals surface area contributed by atoms with Crippen LogP contribution in [0.3, 0.4) is 0 Å². The van der Waals surface area contributed by atoms with Crippen molar-refractivity contribution in [2.45, 2.75) is 64.7 Å². The molecule has 0 aromatic carbocycles. The number of likely N-dealkylation sites (N-methyl/N-ethyl adjacent to an activating group) is 1. The summed E-state index contributed by atoms with van der Waals surface area (Å²) >= 11 is 0. The van der Waals surface area contributed by atoms with Gasteiger partial charge in [-0.05, 0) is 38.8 Å². The summed E-state index contributed by atoms with van der Waals surface area (Å²) in [5, 5.41) is 3.50. The Labute approximate surface area is 117 Å². The van der Waals surface area contributed by atoms with Crippen LogP contribution in [-0.4, -0.2) is 54.1 Å². The SMILES string of the molecule is CCC1NC(C(C)C)N(CC2CCCCN2C)C1=O. The molecule has 2 aliphatic heterocycles. The molecule has 0 spiro atoms. The molecule has 4 nitrogen and oxygen atoms in total. The first kappa shape index (κ1) is 14.8. The summed E-state index contributed by atoms with van der Waals surface area (Å²) in [7, 11) is 2.19. The smallest absolute Gasteiger partial charge is 0.241 e. The van der Waals surface area contributed by atoms with Crippen LogP contribution in [0.4, 0.5) is 0 Å². The Morgan fingerprint density at radius 3 is 2.68 bits per heavy atom. The average molecular weight is 267 g/mol. The van der Waals surface area contributed by atoms with Crippen molar-refractivity contribution in [3.05, 3.63) is 0 Å². The van der Waals surface area contributed by atoms with Crippen molar-refractivity contribution < 1.29 is 4.79 Å². The molecule has 3 unspecified atom stereocenters. The predicted octanol–water partition coefficient (Wildman–Crippen LogP) is 1.66. The fourth-order valence-electron chi connectivity index (χ4n) is 3.35. The summed E-state index contributed by atoms with van der Waals surface area (Å²) in [6.07, 6.45) is 4.92. The Balaban J connectivity index is 2.05. The summed E-state index contributed by atoms with van der Waals surface area (Å²) in [4.78, 5) is 17.0. The van der Waals surface area contributed by atoms with Crippen molar-refractivity contribution >= 4 is 5.91 Å². The second kappa shape index (κ2) is 6.23. The van der Waals surface area contributed by atoms with Crippen LogP contribution in [0, 0.1) is 5.92 Å². The van der Waals surface area contributed by atoms with E-state index in [1.54, 1.807) is 0 Å². The van der Waals surface area contributed by atoms with Gasteiger partial charge in [-0.15, -0.1) is 0 Å². The lowest BCUT2D eigenvalue weighted by atomic mass is 10.0. The number of rotatable bonds is 4. The van der Waals surface area contributed by atoms with Crippen LogP contribution in [0.25, 0.3) is 0 Å². The van der Waals surface area contributed by atoms with E-state index in [0.29, 0.717) is 17.9 Å². The van der Waals surface area contributed by atoms with E-state index in [4.69, 9.17) is 0 Å². The summed E-state index contributed by atoms with van der Waals surface area (Å²) in [6, 6.07) is 0.567. The molecule has 1 N–H and O–H groups in total. The van der Waals surface area contributed by atoms with Gasteiger partial charge in [-0.25, -0.2) is 0 Å². The van der Waals surface area contributed by atoms with Crippen LogP contribution in [0.5, 0.6) is 0 Å². The Hall–Kier alpha value is -0.610. The molecule has 2 fully saturated rings. The van der Waals surface area contributed by atoms with Crippen molar-refractivity contribution in [3.63, 3.8) is 0 Å². The van der Waals surface area contributed by atoms with Gasteiger partial charge in [-0.3, -0.25) is 10.1 Å². The topological polar surface area (TPSA) is 35.6 Å². The number of hydrogen-bond acceptors (Lipinski definition) is 3. The molecule has 0 saturated carbocycles. The third kappa shape index (κ3) is 3.11. The predicted molar refractivity (Wildman–Crippen MR) is 77.8 cm³/mol. The maximum atomic E-state index is 12.5. The highest BCUT2D eigenvalue weighted by molar-refractivity contribution is 5.84. The molecule has 2 rings (SSSR count). The maximum absolute atomic E-state index is 12.5. The van der Waals surface area contributed by atoms with Crippen LogP contribution in [-0.2, 0) is 4.79 Å². The average Bonchev–Trinajstić information content (AvgIpc) is 2.69. The third-order valence-corrected chi connectivity index (χ3v) is 4.66. The molecular formula is C15H29N3O. The molecule has 3 atom stereocenters. The molecule has 0 aromatic rings. The third-order valence-electron chi connectivity index (χ3n) is 4.66. The fourth-order valence-corrected chi connectivity index (χ4v) is 3.35. The van der Waals surface area contributed by atoms with E-state index >= 15 is 0 Å². The van der Waals surface area contributed by atoms with E-state index in [1.165, 1.54) is 25.8 Å². The molecule has 19 heavy (non-hydrogen) atoms. The number of hydrogen-bond donors (Lipinski definition) is 1. The first-order chi connectivity index (χ1) is 9.04. The highest BCUT2D eigenvalue weighted by atomic mass is 16.2. The van der Waals surface area contributed by atoms with Crippen molar-refractivity contribution in [1.82, 2.24) is 15.1 Å². The summed E-state index contributed by atoms with van der Waals surface area (Å²) in [6.45, 7) is 8.54. The van der Waals surface area contributed by atoms with Gasteiger partial charge in [0.1, 0.15) is 0 Å². The van der Waals surface area contributed by atoms with E-state index in [9.17, 15) is 4.79 Å². The molecule has 2 aliphatic rings. The van der Waals surface area contributed by atoms with Crippen LogP contribution in [0.2, 0.25) is 0 Å². The molecule has 2 heterocycles. The minimum Gasteiger partial charge on any atom is -0.324 e. The summed E-state index contributed by atoms with van der Waals surface area (Å²) in [5.74, 6) is 0.773. The van der Waals surface area contributed by atoms with Gasteiger partial charge in [0.25, 0.3) is 0 Å². The number of carbonyl (C=O) groups is 1. The van der Waals surface area contributed by atoms with Crippen molar-refractivity contribution in [1.29, 1.82) is 0 Å². The zero-order valence-electron chi connectivity index (χ0n) is 12.9. The highest BCUT2D eigenvalue weighted by Crippen LogP contribution is 2.23. The maximum Gasteiger partial charge on any atom is 0.241 e. The van der Waals surface area contributed by atoms with Crippen LogP contribution in [0.15, 0.2) is 0 Å². The van der Waals surface area contributed by atoms with Crippen LogP contribution in [0.1, 0.15) is 46.5 Å². The van der Waals surface area contributed by atoms with Crippen LogP contribution < -0.4 is 5.32 Å². The van der Waals surface area contributed by atoms with Gasteiger partial charge in [0, 0.05) is 12.6 Å². The summed E-state index contributed by atoms with van der Waals surface area (Å²) < 4.78 is 0. The molecule has 110 valence electrons. The van der Waals surface area contributed by atoms with E-state index in [2.05, 4.69) is 42.9 Å². The van der Waals surface area contributed by atoms with Crippen molar-refractivity contribution in [2.24, 2.45) is 5.92 Å². The number of piperidine rings is 1. The Morgan fingerprint density at radius 1 is 1.37 bits per heavy atom. The molecule has 0 radical (unpaired) electrons. The number of likely N-dealkylation sites (tertiary alicyclic amines) is 1. The molecule has 1 amide bonds. The first-order valence-electron chi connectivity index (χ1n) is 7.81. The quantitative estimate of drug-likeness (QED) is 0.841. The zero-order chi connectivity index (χ0) is 14.0. The summed E-state index contributed by atoms with van der Waals surface area (Å²) in [5.41, 5.74) is 0. The van der Waals surface area contributed by atoms with Gasteiger partial charge in [0.15, 0.2) is 0 Å². The van der Waals surface area contributed by atoms with Gasteiger partial charge in [0.2, 0.25) is 5.91 Å². The second-order valence-corrected chi connectivity index (χ2v) is 6.44. The largest absolute Gasteiger partial charge is 0.324 e. The highest BCUT2D eigenvalue weighted by Gasteiger charge is 2.40. The van der Waals surface area contributed by atoms with Gasteiger partial charge in [-0.1, -0.05) is 27.2 Å². The number of amides is 1. The minimum absolute atomic E-state index is 0.0290. The van der Waals surface area contributed by atoms with E-state index in [-0.39, 0.29) is 12.2 Å². The molecule has 2 saturated heterocycles. The Kier molecular flexibility index (Phi) is 4.85. The van der Waals surface area contributed by atoms with E-state index in [0.717, 1.165) is 13.0 Å². The lowest BCUT2D eigenvalue weighted by Crippen LogP contribution is -2.50. The standard InChI is InChI=1S/C15H29N3O/c1-5-13-15(19)18(14(16-13)11(2)3)10-12-8-6-7-9-17(12)4/h11-14,16H,5-10H2,1-4H3. The van der Waals surface area contributed by atoms with Gasteiger partial charge < -0.3 is 9.80 Å². The fraction of sp³-hybridized carbons (Fsp3) is 0.933. The minimum atomic E-state index is 0.0290. The molecule has 0 aliphatic carbocycles. The number of carbonyl (C=O) groups excluding carboxylic acids is 1. The lowest BCUT2D eigenvalue weighted by molar-refractivity contribution is -0.131. The van der Waals surface area contributed by atoms with Gasteiger partial charge in [-0.2, -0.15) is 0 Å². The van der Waals surface area contributed by atoms with Gasteiger partial charge in [0.05, 0.1) is 12.2 Å². The lowest BCUT2D eigenvalue weighted by Gasteiger charge is -2.37. The molecule has 0 bridgehead atoms. The normalized spacial score (nSPS) is 33.4. The van der Waals surface area contributed by atoms with Crippen molar-refractivity contribution in [3.8, 4) is 0 Å². The number of nitrogens with zero attached hydrogens (tertiary/aromatic N) is 2. The Bertz CT molecular complexity index is 319.